The molecule has 0 spiro atoms. The molecule has 0 atom stereocenters. The third-order valence-electron chi connectivity index (χ3n) is 4.94. The van der Waals surface area contributed by atoms with Crippen molar-refractivity contribution in [1.29, 1.82) is 0 Å². The second-order valence-electron chi connectivity index (χ2n) is 6.89. The topological polar surface area (TPSA) is 66.5 Å². The van der Waals surface area contributed by atoms with Crippen molar-refractivity contribution in [3.8, 4) is 0 Å². The average Bonchev–Trinajstić information content (AvgIpc) is 3.17. The predicted molar refractivity (Wildman–Crippen MR) is 110 cm³/mol. The summed E-state index contributed by atoms with van der Waals surface area (Å²) in [5.74, 6) is -0.108. The number of hydrogen-bond donors (Lipinski definition) is 1. The molecular weight excluding hydrogens is 396 g/mol. The van der Waals surface area contributed by atoms with Crippen LogP contribution in [0.2, 0.25) is 4.34 Å². The molecule has 2 aromatic rings. The van der Waals surface area contributed by atoms with Gasteiger partial charge in [0.1, 0.15) is 0 Å². The maximum atomic E-state index is 12.4. The van der Waals surface area contributed by atoms with Gasteiger partial charge in [-0.25, -0.2) is 0 Å². The van der Waals surface area contributed by atoms with Crippen LogP contribution in [0.3, 0.4) is 0 Å². The largest absolute Gasteiger partial charge is 0.352 e. The van der Waals surface area contributed by atoms with E-state index in [1.807, 2.05) is 30.3 Å². The van der Waals surface area contributed by atoms with Crippen LogP contribution in [0.5, 0.6) is 0 Å². The van der Waals surface area contributed by atoms with Gasteiger partial charge in [-0.1, -0.05) is 41.9 Å². The van der Waals surface area contributed by atoms with Gasteiger partial charge in [-0.2, -0.15) is 0 Å². The molecule has 1 aromatic heterocycles. The van der Waals surface area contributed by atoms with Gasteiger partial charge < -0.3 is 10.2 Å². The van der Waals surface area contributed by atoms with E-state index in [4.69, 9.17) is 11.6 Å². The summed E-state index contributed by atoms with van der Waals surface area (Å²) in [5.41, 5.74) is 1.07. The number of nitrogens with zero attached hydrogens (tertiary/aromatic N) is 1. The number of carbonyl (C=O) groups is 3. The molecule has 0 saturated carbocycles. The summed E-state index contributed by atoms with van der Waals surface area (Å²) in [4.78, 5) is 39.2. The fourth-order valence-corrected chi connectivity index (χ4v) is 4.30. The van der Waals surface area contributed by atoms with E-state index in [9.17, 15) is 14.4 Å². The van der Waals surface area contributed by atoms with Gasteiger partial charge in [0.05, 0.1) is 9.21 Å². The van der Waals surface area contributed by atoms with E-state index in [0.29, 0.717) is 41.7 Å². The molecule has 5 nitrogen and oxygen atoms in total. The number of benzene rings is 1. The third-order valence-corrected chi connectivity index (χ3v) is 6.21. The van der Waals surface area contributed by atoms with E-state index in [1.165, 1.54) is 11.3 Å². The molecule has 0 unspecified atom stereocenters. The maximum Gasteiger partial charge on any atom is 0.223 e. The van der Waals surface area contributed by atoms with Crippen LogP contribution in [0, 0.1) is 5.92 Å². The molecule has 2 heterocycles. The Hall–Kier alpha value is -2.18. The molecule has 1 aliphatic rings. The molecule has 1 N–H and O–H groups in total. The number of thiophene rings is 1. The molecule has 0 aliphatic carbocycles. The zero-order valence-corrected chi connectivity index (χ0v) is 17.1. The molecular formula is C21H23ClN2O3S. The Morgan fingerprint density at radius 3 is 2.39 bits per heavy atom. The monoisotopic (exact) mass is 418 g/mol. The Morgan fingerprint density at radius 1 is 1.04 bits per heavy atom. The van der Waals surface area contributed by atoms with Gasteiger partial charge in [-0.05, 0) is 30.5 Å². The Labute approximate surface area is 173 Å². The fraction of sp³-hybridized carbons (Fsp3) is 0.381. The third kappa shape index (κ3) is 5.66. The van der Waals surface area contributed by atoms with Crippen molar-refractivity contribution in [1.82, 2.24) is 10.2 Å². The molecule has 1 saturated heterocycles. The molecule has 7 heteroatoms. The Balaban J connectivity index is 1.38. The number of carbonyl (C=O) groups excluding carboxylic acids is 3. The summed E-state index contributed by atoms with van der Waals surface area (Å²) in [5, 5.41) is 2.98. The molecule has 2 amide bonds. The average molecular weight is 419 g/mol. The highest BCUT2D eigenvalue weighted by Gasteiger charge is 2.27. The van der Waals surface area contributed by atoms with Crippen LogP contribution in [0.1, 0.15) is 40.9 Å². The number of likely N-dealkylation sites (tertiary alicyclic amines) is 1. The number of halogens is 1. The van der Waals surface area contributed by atoms with Crippen molar-refractivity contribution in [2.45, 2.75) is 32.2 Å². The van der Waals surface area contributed by atoms with Crippen molar-refractivity contribution in [3.63, 3.8) is 0 Å². The first-order valence-electron chi connectivity index (χ1n) is 9.41. The lowest BCUT2D eigenvalue weighted by Gasteiger charge is -2.31. The van der Waals surface area contributed by atoms with Gasteiger partial charge in [0.25, 0.3) is 0 Å². The number of nitrogens with one attached hydrogen (secondary N) is 1. The van der Waals surface area contributed by atoms with E-state index >= 15 is 0 Å². The van der Waals surface area contributed by atoms with Crippen LogP contribution in [0.25, 0.3) is 0 Å². The zero-order valence-electron chi connectivity index (χ0n) is 15.5. The predicted octanol–water partition coefficient (Wildman–Crippen LogP) is 3.92. The molecule has 3 rings (SSSR count). The zero-order chi connectivity index (χ0) is 19.9. The van der Waals surface area contributed by atoms with Crippen LogP contribution in [-0.4, -0.2) is 35.6 Å². The first kappa shape index (κ1) is 20.6. The van der Waals surface area contributed by atoms with E-state index in [-0.39, 0.29) is 36.4 Å². The van der Waals surface area contributed by atoms with Crippen LogP contribution in [0.15, 0.2) is 42.5 Å². The summed E-state index contributed by atoms with van der Waals surface area (Å²) < 4.78 is 0.572. The van der Waals surface area contributed by atoms with Crippen molar-refractivity contribution in [2.75, 3.05) is 13.1 Å². The summed E-state index contributed by atoms with van der Waals surface area (Å²) >= 11 is 7.08. The van der Waals surface area contributed by atoms with Gasteiger partial charge in [0.2, 0.25) is 11.8 Å². The van der Waals surface area contributed by atoms with Gasteiger partial charge in [-0.3, -0.25) is 14.4 Å². The molecule has 1 aliphatic heterocycles. The Kier molecular flexibility index (Phi) is 7.23. The van der Waals surface area contributed by atoms with Gasteiger partial charge in [-0.15, -0.1) is 11.3 Å². The summed E-state index contributed by atoms with van der Waals surface area (Å²) in [6.07, 6.45) is 1.69. The highest BCUT2D eigenvalue weighted by molar-refractivity contribution is 7.18. The van der Waals surface area contributed by atoms with Gasteiger partial charge in [0.15, 0.2) is 5.78 Å². The molecule has 1 aromatic carbocycles. The first-order chi connectivity index (χ1) is 13.5. The number of rotatable bonds is 7. The second-order valence-corrected chi connectivity index (χ2v) is 8.60. The smallest absolute Gasteiger partial charge is 0.223 e. The lowest BCUT2D eigenvalue weighted by atomic mass is 9.95. The fourth-order valence-electron chi connectivity index (χ4n) is 3.29. The lowest BCUT2D eigenvalue weighted by molar-refractivity contribution is -0.135. The number of hydrogen-bond acceptors (Lipinski definition) is 4. The van der Waals surface area contributed by atoms with Crippen LogP contribution in [-0.2, 0) is 16.1 Å². The molecule has 1 fully saturated rings. The Morgan fingerprint density at radius 2 is 1.75 bits per heavy atom. The minimum atomic E-state index is -0.0670. The molecule has 0 bridgehead atoms. The summed E-state index contributed by atoms with van der Waals surface area (Å²) in [6.45, 7) is 1.64. The summed E-state index contributed by atoms with van der Waals surface area (Å²) in [6, 6.07) is 13.2. The molecule has 0 radical (unpaired) electrons. The normalized spacial score (nSPS) is 14.7. The maximum absolute atomic E-state index is 12.4. The van der Waals surface area contributed by atoms with Gasteiger partial charge >= 0.3 is 0 Å². The molecule has 148 valence electrons. The van der Waals surface area contributed by atoms with Gasteiger partial charge in [0, 0.05) is 38.4 Å². The lowest BCUT2D eigenvalue weighted by Crippen LogP contribution is -2.43. The first-order valence-corrected chi connectivity index (χ1v) is 10.6. The van der Waals surface area contributed by atoms with E-state index in [1.54, 1.807) is 17.0 Å². The summed E-state index contributed by atoms with van der Waals surface area (Å²) in [7, 11) is 0. The molecule has 28 heavy (non-hydrogen) atoms. The van der Waals surface area contributed by atoms with Crippen molar-refractivity contribution in [3.05, 3.63) is 57.2 Å². The standard InChI is InChI=1S/C21H23ClN2O3S/c22-19-8-7-18(28-19)17(25)6-9-20(26)24-12-10-16(11-13-24)21(27)23-14-15-4-2-1-3-5-15/h1-5,7-8,16H,6,9-14H2,(H,23,27). The van der Waals surface area contributed by atoms with Crippen molar-refractivity contribution < 1.29 is 14.4 Å². The highest BCUT2D eigenvalue weighted by Crippen LogP contribution is 2.23. The number of ketones is 1. The SMILES string of the molecule is O=C(CCC(=O)N1CCC(C(=O)NCc2ccccc2)CC1)c1ccc(Cl)s1. The van der Waals surface area contributed by atoms with Crippen LogP contribution in [0.4, 0.5) is 0 Å². The minimum Gasteiger partial charge on any atom is -0.352 e. The number of piperidine rings is 1. The quantitative estimate of drug-likeness (QED) is 0.693. The van der Waals surface area contributed by atoms with E-state index in [0.717, 1.165) is 5.56 Å². The number of amides is 2. The van der Waals surface area contributed by atoms with E-state index in [2.05, 4.69) is 5.32 Å². The van der Waals surface area contributed by atoms with Crippen LogP contribution >= 0.6 is 22.9 Å². The van der Waals surface area contributed by atoms with Crippen molar-refractivity contribution in [2.24, 2.45) is 5.92 Å². The van der Waals surface area contributed by atoms with E-state index < -0.39 is 0 Å². The Bertz CT molecular complexity index is 829. The van der Waals surface area contributed by atoms with Crippen LogP contribution < -0.4 is 5.32 Å². The number of Topliss-reactive ketones (excluding diaryl/α,β-unsaturated/α-hetero) is 1. The van der Waals surface area contributed by atoms with Crippen molar-refractivity contribution >= 4 is 40.5 Å². The minimum absolute atomic E-state index is 0.0286. The second kappa shape index (κ2) is 9.85. The highest BCUT2D eigenvalue weighted by atomic mass is 35.5.